The summed E-state index contributed by atoms with van der Waals surface area (Å²) in [6.07, 6.45) is 6.59. The number of halogens is 1. The van der Waals surface area contributed by atoms with Crippen LogP contribution in [0.5, 0.6) is 5.75 Å². The Kier molecular flexibility index (Phi) is 8.69. The Bertz CT molecular complexity index is 1400. The molecule has 8 nitrogen and oxygen atoms in total. The average molecular weight is 549 g/mol. The summed E-state index contributed by atoms with van der Waals surface area (Å²) in [6, 6.07) is 11.5. The van der Waals surface area contributed by atoms with Crippen molar-refractivity contribution in [2.24, 2.45) is 10.9 Å². The smallest absolute Gasteiger partial charge is 0.261 e. The van der Waals surface area contributed by atoms with E-state index in [4.69, 9.17) is 9.73 Å². The number of benzene rings is 2. The van der Waals surface area contributed by atoms with Crippen LogP contribution in [0.2, 0.25) is 0 Å². The molecule has 2 aliphatic rings. The van der Waals surface area contributed by atoms with Gasteiger partial charge >= 0.3 is 0 Å². The van der Waals surface area contributed by atoms with Crippen molar-refractivity contribution in [3.05, 3.63) is 64.5 Å². The van der Waals surface area contributed by atoms with E-state index < -0.39 is 0 Å². The zero-order chi connectivity index (χ0) is 28.2. The third-order valence-electron chi connectivity index (χ3n) is 8.11. The van der Waals surface area contributed by atoms with Crippen molar-refractivity contribution in [3.63, 3.8) is 0 Å². The molecular formula is C31H41FN6O2. The highest BCUT2D eigenvalue weighted by molar-refractivity contribution is 5.96. The quantitative estimate of drug-likeness (QED) is 0.340. The molecule has 2 atom stereocenters. The molecule has 2 N–H and O–H groups in total. The molecule has 0 spiro atoms. The molecule has 0 amide bonds. The van der Waals surface area contributed by atoms with Gasteiger partial charge in [-0.2, -0.15) is 0 Å². The zero-order valence-corrected chi connectivity index (χ0v) is 24.0. The third-order valence-corrected chi connectivity index (χ3v) is 8.11. The number of methoxy groups -OCH3 is 1. The number of aryl methyl sites for hydroxylation is 2. The number of guanidine groups is 1. The second-order valence-electron chi connectivity index (χ2n) is 11.5. The van der Waals surface area contributed by atoms with Crippen LogP contribution < -0.4 is 20.9 Å². The molecule has 1 saturated carbocycles. The number of nitrogens with zero attached hydrogens (tertiary/aromatic N) is 4. The van der Waals surface area contributed by atoms with Crippen LogP contribution in [0.1, 0.15) is 52.0 Å². The molecule has 1 aliphatic heterocycles. The fourth-order valence-corrected chi connectivity index (χ4v) is 5.86. The fraction of sp³-hybridized carbons (Fsp3) is 0.516. The van der Waals surface area contributed by atoms with Gasteiger partial charge in [-0.1, -0.05) is 13.0 Å². The number of piperazine rings is 1. The Morgan fingerprint density at radius 2 is 1.85 bits per heavy atom. The van der Waals surface area contributed by atoms with Crippen molar-refractivity contribution in [2.75, 3.05) is 25.5 Å². The van der Waals surface area contributed by atoms with E-state index in [1.165, 1.54) is 26.0 Å². The van der Waals surface area contributed by atoms with E-state index in [0.29, 0.717) is 53.3 Å². The normalized spacial score (nSPS) is 23.8. The lowest BCUT2D eigenvalue weighted by Gasteiger charge is -2.38. The van der Waals surface area contributed by atoms with Gasteiger partial charge in [0.25, 0.3) is 5.56 Å². The van der Waals surface area contributed by atoms with Crippen LogP contribution >= 0.6 is 0 Å². The summed E-state index contributed by atoms with van der Waals surface area (Å²) >= 11 is 0. The van der Waals surface area contributed by atoms with Crippen molar-refractivity contribution in [1.82, 2.24) is 19.8 Å². The number of aliphatic imine (C=N–C) groups is 1. The van der Waals surface area contributed by atoms with Gasteiger partial charge in [-0.15, -0.1) is 0 Å². The van der Waals surface area contributed by atoms with Crippen LogP contribution in [0.15, 0.2) is 52.5 Å². The molecule has 1 aromatic heterocycles. The Morgan fingerprint density at radius 1 is 1.10 bits per heavy atom. The van der Waals surface area contributed by atoms with Gasteiger partial charge < -0.3 is 20.3 Å². The molecule has 1 aliphatic carbocycles. The molecular weight excluding hydrogens is 507 g/mol. The van der Waals surface area contributed by atoms with Gasteiger partial charge in [-0.25, -0.2) is 14.4 Å². The van der Waals surface area contributed by atoms with E-state index in [-0.39, 0.29) is 11.4 Å². The molecule has 1 saturated heterocycles. The number of hydrogen-bond donors (Lipinski definition) is 2. The van der Waals surface area contributed by atoms with Crippen molar-refractivity contribution in [1.29, 1.82) is 0 Å². The maximum Gasteiger partial charge on any atom is 0.261 e. The molecule has 2 fully saturated rings. The highest BCUT2D eigenvalue weighted by Gasteiger charge is 2.26. The number of fused-ring (bicyclic) bond motifs is 1. The molecule has 40 heavy (non-hydrogen) atoms. The lowest BCUT2D eigenvalue weighted by Crippen LogP contribution is -2.57. The van der Waals surface area contributed by atoms with Crippen LogP contribution in [-0.4, -0.2) is 58.7 Å². The number of nitrogens with one attached hydrogen (secondary N) is 2. The Balaban J connectivity index is 1.35. The average Bonchev–Trinajstić information content (AvgIpc) is 2.93. The number of anilines is 1. The minimum atomic E-state index is -0.342. The van der Waals surface area contributed by atoms with E-state index in [9.17, 15) is 9.18 Å². The molecule has 0 radical (unpaired) electrons. The first-order valence-corrected chi connectivity index (χ1v) is 14.5. The van der Waals surface area contributed by atoms with Crippen molar-refractivity contribution in [3.8, 4) is 5.75 Å². The SMILES string of the molecule is COc1ccc(CCn2cnc3cc(N/C(=N/[C@H]4CC[C@H](C)CC4)N4C[C@@H](C)N[C@@H](C)C4)ccc3c2=O)c(F)c1. The van der Waals surface area contributed by atoms with E-state index >= 15 is 0 Å². The van der Waals surface area contributed by atoms with E-state index in [0.717, 1.165) is 43.5 Å². The maximum absolute atomic E-state index is 14.4. The van der Waals surface area contributed by atoms with Gasteiger partial charge in [0.05, 0.1) is 30.4 Å². The van der Waals surface area contributed by atoms with Crippen molar-refractivity contribution < 1.29 is 9.13 Å². The van der Waals surface area contributed by atoms with E-state index in [1.807, 2.05) is 18.2 Å². The van der Waals surface area contributed by atoms with Crippen molar-refractivity contribution in [2.45, 2.75) is 77.5 Å². The molecule has 0 bridgehead atoms. The largest absolute Gasteiger partial charge is 0.497 e. The Hall–Kier alpha value is -3.46. The summed E-state index contributed by atoms with van der Waals surface area (Å²) in [5, 5.41) is 7.72. The lowest BCUT2D eigenvalue weighted by molar-refractivity contribution is 0.251. The molecule has 3 aromatic rings. The van der Waals surface area contributed by atoms with Gasteiger partial charge in [0.1, 0.15) is 11.6 Å². The monoisotopic (exact) mass is 548 g/mol. The van der Waals surface area contributed by atoms with Gasteiger partial charge in [0, 0.05) is 43.5 Å². The summed E-state index contributed by atoms with van der Waals surface area (Å²) < 4.78 is 21.0. The Labute approximate surface area is 235 Å². The topological polar surface area (TPSA) is 83.8 Å². The summed E-state index contributed by atoms with van der Waals surface area (Å²) in [4.78, 5) is 25.4. The van der Waals surface area contributed by atoms with Crippen LogP contribution in [0.4, 0.5) is 10.1 Å². The molecule has 2 aromatic carbocycles. The first-order chi connectivity index (χ1) is 19.3. The minimum Gasteiger partial charge on any atom is -0.497 e. The van der Waals surface area contributed by atoms with Gasteiger partial charge in [-0.3, -0.25) is 9.36 Å². The zero-order valence-electron chi connectivity index (χ0n) is 24.0. The molecule has 0 unspecified atom stereocenters. The van der Waals surface area contributed by atoms with Crippen LogP contribution in [0.25, 0.3) is 10.9 Å². The summed E-state index contributed by atoms with van der Waals surface area (Å²) in [5.74, 6) is 1.80. The summed E-state index contributed by atoms with van der Waals surface area (Å²) in [7, 11) is 1.51. The minimum absolute atomic E-state index is 0.138. The molecule has 5 rings (SSSR count). The molecule has 2 heterocycles. The summed E-state index contributed by atoms with van der Waals surface area (Å²) in [6.45, 7) is 8.83. The first-order valence-electron chi connectivity index (χ1n) is 14.5. The maximum atomic E-state index is 14.4. The van der Waals surface area contributed by atoms with E-state index in [1.54, 1.807) is 23.0 Å². The van der Waals surface area contributed by atoms with Gasteiger partial charge in [0.2, 0.25) is 0 Å². The second kappa shape index (κ2) is 12.4. The van der Waals surface area contributed by atoms with Crippen molar-refractivity contribution >= 4 is 22.5 Å². The number of rotatable bonds is 6. The standard InChI is InChI=1S/C31H41FN6O2/c1-20-5-8-24(9-6-20)35-31(38-17-21(2)34-22(3)18-38)36-25-10-12-27-29(15-25)33-19-37(30(27)39)14-13-23-7-11-26(40-4)16-28(23)32/h7,10-12,15-16,19-22,24,34H,5-6,8-9,13-14,17-18H2,1-4H3,(H,35,36)/t20-,21-,22+,24-. The van der Waals surface area contributed by atoms with Gasteiger partial charge in [0.15, 0.2) is 5.96 Å². The second-order valence-corrected chi connectivity index (χ2v) is 11.5. The van der Waals surface area contributed by atoms with Crippen LogP contribution in [-0.2, 0) is 13.0 Å². The number of aromatic nitrogens is 2. The lowest BCUT2D eigenvalue weighted by atomic mass is 9.88. The first kappa shape index (κ1) is 28.1. The third kappa shape index (κ3) is 6.63. The predicted molar refractivity (Wildman–Crippen MR) is 159 cm³/mol. The summed E-state index contributed by atoms with van der Waals surface area (Å²) in [5.41, 5.74) is 1.87. The van der Waals surface area contributed by atoms with Gasteiger partial charge in [-0.05, 0) is 81.7 Å². The molecule has 9 heteroatoms. The Morgan fingerprint density at radius 3 is 2.55 bits per heavy atom. The fourth-order valence-electron chi connectivity index (χ4n) is 5.86. The van der Waals surface area contributed by atoms with Crippen LogP contribution in [0, 0.1) is 11.7 Å². The van der Waals surface area contributed by atoms with Crippen LogP contribution in [0.3, 0.4) is 0 Å². The highest BCUT2D eigenvalue weighted by Crippen LogP contribution is 2.26. The highest BCUT2D eigenvalue weighted by atomic mass is 19.1. The van der Waals surface area contributed by atoms with E-state index in [2.05, 4.69) is 41.3 Å². The molecule has 214 valence electrons. The number of ether oxygens (including phenoxy) is 1. The number of hydrogen-bond acceptors (Lipinski definition) is 5. The predicted octanol–water partition coefficient (Wildman–Crippen LogP) is 4.82.